The molecule has 0 aromatic rings. The van der Waals surface area contributed by atoms with Crippen molar-refractivity contribution in [3.63, 3.8) is 0 Å². The van der Waals surface area contributed by atoms with Crippen LogP contribution >= 0.6 is 0 Å². The van der Waals surface area contributed by atoms with Crippen molar-refractivity contribution in [1.29, 1.82) is 0 Å². The van der Waals surface area contributed by atoms with Gasteiger partial charge in [-0.3, -0.25) is 9.59 Å². The molecule has 0 aliphatic carbocycles. The van der Waals surface area contributed by atoms with Crippen LogP contribution in [0.15, 0.2) is 12.2 Å². The number of aliphatic carboxylic acids is 1. The van der Waals surface area contributed by atoms with E-state index < -0.39 is 12.2 Å². The molecule has 7 heteroatoms. The molecule has 0 spiro atoms. The Morgan fingerprint density at radius 1 is 0.935 bits per heavy atom. The Morgan fingerprint density at radius 3 is 1.97 bits per heavy atom. The first-order valence-corrected chi connectivity index (χ1v) is 12.0. The van der Waals surface area contributed by atoms with E-state index in [-0.39, 0.29) is 43.4 Å². The first-order valence-electron chi connectivity index (χ1n) is 12.0. The molecule has 0 heterocycles. The molecule has 1 unspecified atom stereocenters. The summed E-state index contributed by atoms with van der Waals surface area (Å²) in [5.74, 6) is -1.00. The third-order valence-electron chi connectivity index (χ3n) is 5.23. The number of aliphatic hydroxyl groups is 1. The van der Waals surface area contributed by atoms with Gasteiger partial charge in [-0.05, 0) is 39.0 Å². The fraction of sp³-hybridized carbons (Fsp3) is 0.833. The van der Waals surface area contributed by atoms with E-state index in [2.05, 4.69) is 24.4 Å². The third-order valence-corrected chi connectivity index (χ3v) is 5.23. The Balaban J connectivity index is -0.00000420. The van der Waals surface area contributed by atoms with Crippen LogP contribution in [-0.4, -0.2) is 52.9 Å². The molecule has 0 aromatic heterocycles. The van der Waals surface area contributed by atoms with Crippen molar-refractivity contribution >= 4 is 11.9 Å². The molecule has 0 bridgehead atoms. The summed E-state index contributed by atoms with van der Waals surface area (Å²) < 4.78 is 0. The first-order chi connectivity index (χ1) is 14.5. The molecule has 178 valence electrons. The maximum atomic E-state index is 12.3. The van der Waals surface area contributed by atoms with Gasteiger partial charge in [0.25, 0.3) is 0 Å². The van der Waals surface area contributed by atoms with Crippen molar-refractivity contribution in [1.82, 2.24) is 10.2 Å². The largest absolute Gasteiger partial charge is 1.00 e. The molecule has 31 heavy (non-hydrogen) atoms. The van der Waals surface area contributed by atoms with Gasteiger partial charge in [-0.2, -0.15) is 0 Å². The Hall–Kier alpha value is -0.400. The number of carboxylic acid groups (broad SMARTS) is 1. The van der Waals surface area contributed by atoms with Crippen LogP contribution in [-0.2, 0) is 9.59 Å². The van der Waals surface area contributed by atoms with E-state index in [1.807, 2.05) is 0 Å². The quantitative estimate of drug-likeness (QED) is 0.108. The number of nitrogens with one attached hydrogen (secondary N) is 1. The second-order valence-corrected chi connectivity index (χ2v) is 8.12. The molecular formula is C24H47N2NaO4. The second kappa shape index (κ2) is 24.2. The molecule has 0 saturated heterocycles. The van der Waals surface area contributed by atoms with Gasteiger partial charge in [0.2, 0.25) is 5.91 Å². The first kappa shape index (κ1) is 32.8. The number of aliphatic hydroxyl groups excluding tert-OH is 1. The number of carbonyl (C=O) groups is 2. The Kier molecular flexibility index (Phi) is 25.6. The van der Waals surface area contributed by atoms with Gasteiger partial charge in [-0.1, -0.05) is 70.4 Å². The number of nitrogens with zero attached hydrogens (tertiary/aromatic N) is 1. The molecule has 0 aliphatic heterocycles. The summed E-state index contributed by atoms with van der Waals surface area (Å²) >= 11 is 0. The summed E-state index contributed by atoms with van der Waals surface area (Å²) in [4.78, 5) is 24.1. The van der Waals surface area contributed by atoms with Gasteiger partial charge >= 0.3 is 35.5 Å². The molecular weight excluding hydrogens is 403 g/mol. The van der Waals surface area contributed by atoms with Crippen LogP contribution < -0.4 is 34.9 Å². The molecule has 0 aliphatic rings. The van der Waals surface area contributed by atoms with Crippen LogP contribution in [0.3, 0.4) is 0 Å². The SMILES string of the molecule is CCCCCCCC/C=C\CCCCCCCC(=O)N(CCNCC(=O)O)C(C)O.[H-].[Na+]. The number of unbranched alkanes of at least 4 members (excludes halogenated alkanes) is 11. The zero-order valence-electron chi connectivity index (χ0n) is 21.4. The van der Waals surface area contributed by atoms with E-state index >= 15 is 0 Å². The van der Waals surface area contributed by atoms with Crippen LogP contribution in [0.4, 0.5) is 0 Å². The molecule has 1 amide bonds. The average molecular weight is 451 g/mol. The summed E-state index contributed by atoms with van der Waals surface area (Å²) in [6, 6.07) is 0. The Morgan fingerprint density at radius 2 is 1.45 bits per heavy atom. The maximum Gasteiger partial charge on any atom is 1.00 e. The maximum absolute atomic E-state index is 12.3. The van der Waals surface area contributed by atoms with Crippen LogP contribution in [0.5, 0.6) is 0 Å². The summed E-state index contributed by atoms with van der Waals surface area (Å²) in [5.41, 5.74) is 0. The molecule has 0 aromatic carbocycles. The van der Waals surface area contributed by atoms with Crippen molar-refractivity contribution in [2.24, 2.45) is 0 Å². The van der Waals surface area contributed by atoms with Gasteiger partial charge in [0.05, 0.1) is 6.54 Å². The summed E-state index contributed by atoms with van der Waals surface area (Å²) in [6.07, 6.45) is 20.1. The number of carbonyl (C=O) groups excluding carboxylic acids is 1. The van der Waals surface area contributed by atoms with Gasteiger partial charge in [-0.15, -0.1) is 0 Å². The van der Waals surface area contributed by atoms with Crippen molar-refractivity contribution in [3.8, 4) is 0 Å². The molecule has 1 atom stereocenters. The van der Waals surface area contributed by atoms with E-state index in [0.29, 0.717) is 19.5 Å². The topological polar surface area (TPSA) is 89.9 Å². The Labute approximate surface area is 214 Å². The number of allylic oxidation sites excluding steroid dienone is 2. The van der Waals surface area contributed by atoms with E-state index in [4.69, 9.17) is 5.11 Å². The summed E-state index contributed by atoms with van der Waals surface area (Å²) in [7, 11) is 0. The fourth-order valence-electron chi connectivity index (χ4n) is 3.41. The fourth-order valence-corrected chi connectivity index (χ4v) is 3.41. The number of carboxylic acids is 1. The normalized spacial score (nSPS) is 12.0. The molecule has 6 nitrogen and oxygen atoms in total. The van der Waals surface area contributed by atoms with Gasteiger partial charge in [0.15, 0.2) is 0 Å². The number of hydrogen-bond acceptors (Lipinski definition) is 4. The molecule has 0 radical (unpaired) electrons. The average Bonchev–Trinajstić information content (AvgIpc) is 2.70. The van der Waals surface area contributed by atoms with Crippen molar-refractivity contribution in [2.75, 3.05) is 19.6 Å². The number of rotatable bonds is 21. The number of amides is 1. The van der Waals surface area contributed by atoms with Crippen LogP contribution in [0.25, 0.3) is 0 Å². The Bertz CT molecular complexity index is 465. The second-order valence-electron chi connectivity index (χ2n) is 8.12. The van der Waals surface area contributed by atoms with E-state index in [0.717, 1.165) is 25.7 Å². The van der Waals surface area contributed by atoms with Gasteiger partial charge in [-0.25, -0.2) is 0 Å². The van der Waals surface area contributed by atoms with Crippen molar-refractivity contribution in [2.45, 2.75) is 110 Å². The standard InChI is InChI=1S/C24H46N2O4.Na.H/c1-3-4-5-6-7-8-9-10-11-12-13-14-15-16-17-18-23(28)26(22(2)27)20-19-25-21-24(29)30;;/h10-11,22,25,27H,3-9,12-21H2,1-2H3,(H,29,30);;/q;+1;-1/b11-10-;;. The minimum Gasteiger partial charge on any atom is -1.00 e. The molecule has 3 N–H and O–H groups in total. The zero-order chi connectivity index (χ0) is 22.5. The molecule has 0 saturated carbocycles. The smallest absolute Gasteiger partial charge is 1.00 e. The van der Waals surface area contributed by atoms with Crippen LogP contribution in [0.1, 0.15) is 105 Å². The van der Waals surface area contributed by atoms with Gasteiger partial charge in [0.1, 0.15) is 6.23 Å². The monoisotopic (exact) mass is 450 g/mol. The zero-order valence-corrected chi connectivity index (χ0v) is 22.4. The van der Waals surface area contributed by atoms with E-state index in [1.54, 1.807) is 6.92 Å². The van der Waals surface area contributed by atoms with E-state index in [9.17, 15) is 14.7 Å². The minimum absolute atomic E-state index is 0. The predicted octanol–water partition coefficient (Wildman–Crippen LogP) is 1.98. The van der Waals surface area contributed by atoms with Crippen LogP contribution in [0, 0.1) is 0 Å². The predicted molar refractivity (Wildman–Crippen MR) is 124 cm³/mol. The van der Waals surface area contributed by atoms with E-state index in [1.165, 1.54) is 62.7 Å². The molecule has 0 fully saturated rings. The third kappa shape index (κ3) is 22.6. The van der Waals surface area contributed by atoms with Crippen LogP contribution in [0.2, 0.25) is 0 Å². The summed E-state index contributed by atoms with van der Waals surface area (Å²) in [6.45, 7) is 4.34. The summed E-state index contributed by atoms with van der Waals surface area (Å²) in [5, 5.41) is 21.1. The van der Waals surface area contributed by atoms with Crippen molar-refractivity contribution < 1.29 is 50.8 Å². The van der Waals surface area contributed by atoms with Gasteiger partial charge < -0.3 is 21.9 Å². The molecule has 0 rings (SSSR count). The number of hydrogen-bond donors (Lipinski definition) is 3. The van der Waals surface area contributed by atoms with Crippen molar-refractivity contribution in [3.05, 3.63) is 12.2 Å². The van der Waals surface area contributed by atoms with Gasteiger partial charge in [0, 0.05) is 19.5 Å². The minimum atomic E-state index is -0.932.